The Bertz CT molecular complexity index is 201. The molecule has 3 rings (SSSR count). The lowest BCUT2D eigenvalue weighted by Gasteiger charge is -2.41. The van der Waals surface area contributed by atoms with Gasteiger partial charge < -0.3 is 10.2 Å². The van der Waals surface area contributed by atoms with Crippen LogP contribution in [-0.4, -0.2) is 41.2 Å². The lowest BCUT2D eigenvalue weighted by Crippen LogP contribution is -2.51. The van der Waals surface area contributed by atoms with Crippen LogP contribution in [0.25, 0.3) is 0 Å². The summed E-state index contributed by atoms with van der Waals surface area (Å²) in [7, 11) is 0. The second kappa shape index (κ2) is 3.14. The van der Waals surface area contributed by atoms with Crippen molar-refractivity contribution in [3.8, 4) is 0 Å². The third-order valence-corrected chi connectivity index (χ3v) is 5.27. The van der Waals surface area contributed by atoms with Gasteiger partial charge in [-0.1, -0.05) is 0 Å². The minimum Gasteiger partial charge on any atom is -0.302 e. The molecule has 0 radical (unpaired) electrons. The van der Waals surface area contributed by atoms with Crippen LogP contribution >= 0.6 is 11.8 Å². The summed E-state index contributed by atoms with van der Waals surface area (Å²) in [5.41, 5.74) is 0. The maximum absolute atomic E-state index is 3.72. The second-order valence-electron chi connectivity index (χ2n) is 4.56. The molecule has 0 saturated carbocycles. The van der Waals surface area contributed by atoms with Crippen LogP contribution in [0.1, 0.15) is 25.7 Å². The third kappa shape index (κ3) is 1.41. The predicted octanol–water partition coefficient (Wildman–Crippen LogP) is 1.28. The molecule has 74 valence electrons. The molecule has 3 saturated heterocycles. The van der Waals surface area contributed by atoms with Gasteiger partial charge in [0.25, 0.3) is 0 Å². The Kier molecular flexibility index (Phi) is 2.07. The monoisotopic (exact) mass is 198 g/mol. The van der Waals surface area contributed by atoms with Crippen molar-refractivity contribution in [1.82, 2.24) is 10.2 Å². The van der Waals surface area contributed by atoms with E-state index in [-0.39, 0.29) is 0 Å². The molecule has 3 aliphatic heterocycles. The molecule has 2 atom stereocenters. The largest absolute Gasteiger partial charge is 0.302 e. The first-order valence-electron chi connectivity index (χ1n) is 5.51. The maximum atomic E-state index is 3.72. The lowest BCUT2D eigenvalue weighted by molar-refractivity contribution is 0.158. The Morgan fingerprint density at radius 1 is 1.38 bits per heavy atom. The summed E-state index contributed by atoms with van der Waals surface area (Å²) in [5, 5.41) is 3.72. The zero-order chi connectivity index (χ0) is 8.73. The van der Waals surface area contributed by atoms with E-state index in [9.17, 15) is 0 Å². The predicted molar refractivity (Wildman–Crippen MR) is 57.0 cm³/mol. The molecule has 0 amide bonds. The van der Waals surface area contributed by atoms with Crippen LogP contribution in [0.2, 0.25) is 0 Å². The highest BCUT2D eigenvalue weighted by molar-refractivity contribution is 8.00. The first-order valence-corrected chi connectivity index (χ1v) is 6.50. The summed E-state index contributed by atoms with van der Waals surface area (Å²) < 4.78 is 0. The molecule has 1 spiro atoms. The first-order chi connectivity index (χ1) is 6.38. The fourth-order valence-corrected chi connectivity index (χ4v) is 4.44. The third-order valence-electron chi connectivity index (χ3n) is 3.79. The second-order valence-corrected chi connectivity index (χ2v) is 6.03. The van der Waals surface area contributed by atoms with Gasteiger partial charge in [-0.05, 0) is 32.2 Å². The maximum Gasteiger partial charge on any atom is 0.0673 e. The molecule has 13 heavy (non-hydrogen) atoms. The topological polar surface area (TPSA) is 15.3 Å². The molecule has 3 heteroatoms. The highest BCUT2D eigenvalue weighted by Crippen LogP contribution is 2.41. The zero-order valence-electron chi connectivity index (χ0n) is 8.09. The van der Waals surface area contributed by atoms with Crippen molar-refractivity contribution in [2.75, 3.05) is 25.4 Å². The van der Waals surface area contributed by atoms with E-state index in [2.05, 4.69) is 22.0 Å². The molecular weight excluding hydrogens is 180 g/mol. The van der Waals surface area contributed by atoms with E-state index in [1.807, 2.05) is 0 Å². The summed E-state index contributed by atoms with van der Waals surface area (Å²) >= 11 is 2.18. The molecule has 2 unspecified atom stereocenters. The summed E-state index contributed by atoms with van der Waals surface area (Å²) in [6.07, 6.45) is 5.65. The standard InChI is InChI=1S/C10H18N2S/c1-2-9-8-10(11-4-7-13-10)3-6-12(9)5-1/h9,11H,1-8H2. The Morgan fingerprint density at radius 2 is 2.38 bits per heavy atom. The van der Waals surface area contributed by atoms with Gasteiger partial charge in [0.15, 0.2) is 0 Å². The van der Waals surface area contributed by atoms with Crippen LogP contribution in [0.15, 0.2) is 0 Å². The van der Waals surface area contributed by atoms with Gasteiger partial charge in [-0.3, -0.25) is 0 Å². The number of rotatable bonds is 0. The van der Waals surface area contributed by atoms with E-state index in [1.165, 1.54) is 51.1 Å². The zero-order valence-corrected chi connectivity index (χ0v) is 8.91. The van der Waals surface area contributed by atoms with Crippen molar-refractivity contribution < 1.29 is 0 Å². The molecule has 2 nitrogen and oxygen atoms in total. The van der Waals surface area contributed by atoms with E-state index in [0.717, 1.165) is 6.04 Å². The molecular formula is C10H18N2S. The fourth-order valence-electron chi connectivity index (χ4n) is 3.10. The van der Waals surface area contributed by atoms with Crippen molar-refractivity contribution in [2.45, 2.75) is 36.6 Å². The normalized spacial score (nSPS) is 45.7. The van der Waals surface area contributed by atoms with Crippen molar-refractivity contribution >= 4 is 11.8 Å². The van der Waals surface area contributed by atoms with Gasteiger partial charge in [-0.25, -0.2) is 0 Å². The molecule has 3 aliphatic rings. The molecule has 3 heterocycles. The molecule has 0 aromatic heterocycles. The van der Waals surface area contributed by atoms with Crippen LogP contribution < -0.4 is 5.32 Å². The van der Waals surface area contributed by atoms with Crippen LogP contribution in [0.4, 0.5) is 0 Å². The Hall–Kier alpha value is 0.270. The molecule has 1 N–H and O–H groups in total. The van der Waals surface area contributed by atoms with Crippen molar-refractivity contribution in [3.05, 3.63) is 0 Å². The minimum atomic E-state index is 0.492. The van der Waals surface area contributed by atoms with E-state index in [4.69, 9.17) is 0 Å². The molecule has 0 aromatic carbocycles. The van der Waals surface area contributed by atoms with E-state index in [0.29, 0.717) is 4.87 Å². The van der Waals surface area contributed by atoms with Crippen LogP contribution in [-0.2, 0) is 0 Å². The van der Waals surface area contributed by atoms with Gasteiger partial charge in [-0.15, -0.1) is 11.8 Å². The molecule has 0 bridgehead atoms. The van der Waals surface area contributed by atoms with Crippen molar-refractivity contribution in [2.24, 2.45) is 0 Å². The smallest absolute Gasteiger partial charge is 0.0673 e. The summed E-state index contributed by atoms with van der Waals surface area (Å²) in [4.78, 5) is 3.19. The number of piperidine rings is 1. The molecule has 0 aliphatic carbocycles. The highest BCUT2D eigenvalue weighted by atomic mass is 32.2. The van der Waals surface area contributed by atoms with Crippen molar-refractivity contribution in [3.63, 3.8) is 0 Å². The van der Waals surface area contributed by atoms with Gasteiger partial charge in [0, 0.05) is 24.9 Å². The number of hydrogen-bond donors (Lipinski definition) is 1. The number of nitrogens with one attached hydrogen (secondary N) is 1. The number of nitrogens with zero attached hydrogens (tertiary/aromatic N) is 1. The highest BCUT2D eigenvalue weighted by Gasteiger charge is 2.43. The number of hydrogen-bond acceptors (Lipinski definition) is 3. The van der Waals surface area contributed by atoms with Gasteiger partial charge in [0.2, 0.25) is 0 Å². The summed E-state index contributed by atoms with van der Waals surface area (Å²) in [6.45, 7) is 3.94. The SMILES string of the molecule is C1CC2CC3(CCN2C1)NCCS3. The first kappa shape index (κ1) is 8.57. The average Bonchev–Trinajstić information content (AvgIpc) is 2.74. The average molecular weight is 198 g/mol. The Morgan fingerprint density at radius 3 is 3.23 bits per heavy atom. The van der Waals surface area contributed by atoms with E-state index in [1.54, 1.807) is 0 Å². The van der Waals surface area contributed by atoms with Gasteiger partial charge in [0.1, 0.15) is 0 Å². The van der Waals surface area contributed by atoms with Crippen LogP contribution in [0, 0.1) is 0 Å². The van der Waals surface area contributed by atoms with Gasteiger partial charge in [0.05, 0.1) is 4.87 Å². The quantitative estimate of drug-likeness (QED) is 0.631. The van der Waals surface area contributed by atoms with E-state index < -0.39 is 0 Å². The number of fused-ring (bicyclic) bond motifs is 1. The van der Waals surface area contributed by atoms with Gasteiger partial charge >= 0.3 is 0 Å². The Labute approximate surface area is 84.4 Å². The van der Waals surface area contributed by atoms with Crippen LogP contribution in [0.3, 0.4) is 0 Å². The number of thioether (sulfide) groups is 1. The summed E-state index contributed by atoms with van der Waals surface area (Å²) in [6, 6.07) is 0.909. The lowest BCUT2D eigenvalue weighted by atomic mass is 9.97. The van der Waals surface area contributed by atoms with E-state index >= 15 is 0 Å². The fraction of sp³-hybridized carbons (Fsp3) is 1.00. The van der Waals surface area contributed by atoms with Crippen LogP contribution in [0.5, 0.6) is 0 Å². The Balaban J connectivity index is 1.73. The van der Waals surface area contributed by atoms with Gasteiger partial charge in [-0.2, -0.15) is 0 Å². The molecule has 3 fully saturated rings. The summed E-state index contributed by atoms with van der Waals surface area (Å²) in [5.74, 6) is 1.33. The minimum absolute atomic E-state index is 0.492. The molecule has 0 aromatic rings. The van der Waals surface area contributed by atoms with Crippen molar-refractivity contribution in [1.29, 1.82) is 0 Å².